The van der Waals surface area contributed by atoms with Crippen molar-refractivity contribution in [2.24, 2.45) is 17.6 Å². The van der Waals surface area contributed by atoms with Crippen LogP contribution >= 0.6 is 0 Å². The van der Waals surface area contributed by atoms with E-state index in [9.17, 15) is 34.8 Å². The van der Waals surface area contributed by atoms with Gasteiger partial charge in [0.25, 0.3) is 5.91 Å². The van der Waals surface area contributed by atoms with Gasteiger partial charge in [-0.2, -0.15) is 0 Å². The fraction of sp³-hybridized carbons (Fsp3) is 0.385. The van der Waals surface area contributed by atoms with Crippen molar-refractivity contribution in [2.75, 3.05) is 33.1 Å². The molecule has 5 rings (SSSR count). The summed E-state index contributed by atoms with van der Waals surface area (Å²) in [5.74, 6) is -6.90. The number of aliphatic hydroxyl groups excluding tert-OH is 2. The highest BCUT2D eigenvalue weighted by Crippen LogP contribution is 2.54. The summed E-state index contributed by atoms with van der Waals surface area (Å²) in [7, 11) is 6.70. The van der Waals surface area contributed by atoms with E-state index in [1.807, 2.05) is 0 Å². The third kappa shape index (κ3) is 3.23. The molecular weight excluding hydrogens is 496 g/mol. The van der Waals surface area contributed by atoms with Gasteiger partial charge in [-0.25, -0.2) is 0 Å². The molecule has 3 aliphatic rings. The van der Waals surface area contributed by atoms with E-state index in [0.29, 0.717) is 22.4 Å². The van der Waals surface area contributed by atoms with Crippen LogP contribution in [0.5, 0.6) is 5.75 Å². The lowest BCUT2D eigenvalue weighted by atomic mass is 9.57. The topological polar surface area (TPSA) is 191 Å². The molecule has 1 saturated carbocycles. The largest absolute Gasteiger partial charge is 0.508 e. The fourth-order valence-electron chi connectivity index (χ4n) is 6.25. The Morgan fingerprint density at radius 1 is 1.18 bits per heavy atom. The molecule has 1 aromatic carbocycles. The lowest BCUT2D eigenvalue weighted by molar-refractivity contribution is -0.153. The van der Waals surface area contributed by atoms with Gasteiger partial charge in [0.15, 0.2) is 11.4 Å². The van der Waals surface area contributed by atoms with Gasteiger partial charge in [-0.3, -0.25) is 19.3 Å². The number of primary amides is 1. The maximum atomic E-state index is 14.0. The second-order valence-electron chi connectivity index (χ2n) is 10.4. The molecule has 200 valence electrons. The number of phenols is 1. The van der Waals surface area contributed by atoms with Crippen LogP contribution in [0.2, 0.25) is 0 Å². The molecule has 1 fully saturated rings. The minimum absolute atomic E-state index is 0.00342. The number of phenolic OH excluding ortho intramolecular Hbond substituents is 1. The summed E-state index contributed by atoms with van der Waals surface area (Å²) in [4.78, 5) is 42.5. The van der Waals surface area contributed by atoms with Crippen LogP contribution in [0.3, 0.4) is 0 Å². The van der Waals surface area contributed by atoms with Crippen LogP contribution in [0.4, 0.5) is 5.69 Å². The number of hydrogen-bond donors (Lipinski definition) is 5. The van der Waals surface area contributed by atoms with Crippen LogP contribution < -0.4 is 10.6 Å². The second-order valence-corrected chi connectivity index (χ2v) is 10.4. The Labute approximate surface area is 217 Å². The first-order valence-electron chi connectivity index (χ1n) is 11.9. The Kier molecular flexibility index (Phi) is 5.65. The maximum Gasteiger partial charge on any atom is 0.255 e. The molecule has 1 aromatic heterocycles. The first-order valence-corrected chi connectivity index (χ1v) is 11.9. The monoisotopic (exact) mass is 524 g/mol. The summed E-state index contributed by atoms with van der Waals surface area (Å²) in [6, 6.07) is 0.589. The molecule has 38 heavy (non-hydrogen) atoms. The summed E-state index contributed by atoms with van der Waals surface area (Å²) in [5.41, 5.74) is 3.59. The molecule has 6 N–H and O–H groups in total. The van der Waals surface area contributed by atoms with Crippen LogP contribution in [0.1, 0.15) is 17.5 Å². The third-order valence-electron chi connectivity index (χ3n) is 7.92. The minimum Gasteiger partial charge on any atom is -0.508 e. The van der Waals surface area contributed by atoms with E-state index in [1.54, 1.807) is 39.2 Å². The number of fused-ring (bicyclic) bond motifs is 3. The average Bonchev–Trinajstić information content (AvgIpc) is 3.35. The standard InChI is InChI=1S/C26H28N4O8/c1-29(2)15-7-12(11-8-28-38-9-11)20(31)17-13(15)5-10-6-14-19(30(3)4)22(33)18(25(27)36)24(35)26(14,37)23(34)16(10)21(17)32/h7-10,14,19,31-32,35,37H,5-6H2,1-4H3,(H2,27,36)/t10-,14-,19-,26-/m0/s1. The van der Waals surface area contributed by atoms with Crippen molar-refractivity contribution in [3.8, 4) is 16.9 Å². The molecule has 0 spiro atoms. The van der Waals surface area contributed by atoms with E-state index >= 15 is 0 Å². The first-order chi connectivity index (χ1) is 17.8. The van der Waals surface area contributed by atoms with Crippen molar-refractivity contribution in [1.82, 2.24) is 10.1 Å². The molecule has 4 atom stereocenters. The molecule has 1 amide bonds. The van der Waals surface area contributed by atoms with E-state index < -0.39 is 58.0 Å². The number of hydrogen-bond acceptors (Lipinski definition) is 11. The number of nitrogens with two attached hydrogens (primary N) is 1. The Bertz CT molecular complexity index is 1460. The predicted molar refractivity (Wildman–Crippen MR) is 134 cm³/mol. The van der Waals surface area contributed by atoms with E-state index in [1.165, 1.54) is 17.4 Å². The van der Waals surface area contributed by atoms with Gasteiger partial charge < -0.3 is 35.6 Å². The molecule has 12 heteroatoms. The maximum absolute atomic E-state index is 14.0. The highest BCUT2D eigenvalue weighted by molar-refractivity contribution is 6.24. The smallest absolute Gasteiger partial charge is 0.255 e. The SMILES string of the molecule is CN(C)c1cc(-c2cnoc2)c(O)c2c1C[C@H]1C[C@H]3[C@H](N(C)C)C(=O)C(C(N)=O)=C(O)[C@@]3(O)C(=O)C1=C2O. The van der Waals surface area contributed by atoms with Gasteiger partial charge >= 0.3 is 0 Å². The van der Waals surface area contributed by atoms with Gasteiger partial charge in [0, 0.05) is 42.4 Å². The summed E-state index contributed by atoms with van der Waals surface area (Å²) in [5, 5.41) is 49.1. The number of anilines is 1. The molecule has 1 heterocycles. The molecule has 2 aromatic rings. The van der Waals surface area contributed by atoms with Crippen LogP contribution in [-0.4, -0.2) is 87.8 Å². The van der Waals surface area contributed by atoms with Crippen molar-refractivity contribution in [3.63, 3.8) is 0 Å². The van der Waals surface area contributed by atoms with Crippen molar-refractivity contribution in [3.05, 3.63) is 46.6 Å². The highest BCUT2D eigenvalue weighted by atomic mass is 16.5. The Morgan fingerprint density at radius 3 is 2.42 bits per heavy atom. The molecule has 0 aliphatic heterocycles. The number of rotatable bonds is 4. The number of aromatic nitrogens is 1. The summed E-state index contributed by atoms with van der Waals surface area (Å²) in [6.07, 6.45) is 2.93. The number of aromatic hydroxyl groups is 1. The van der Waals surface area contributed by atoms with Gasteiger partial charge in [0.05, 0.1) is 17.8 Å². The molecule has 0 radical (unpaired) electrons. The molecule has 0 unspecified atom stereocenters. The lowest BCUT2D eigenvalue weighted by Gasteiger charge is -2.50. The van der Waals surface area contributed by atoms with E-state index in [4.69, 9.17) is 10.3 Å². The number of aliphatic hydroxyl groups is 3. The zero-order valence-corrected chi connectivity index (χ0v) is 21.2. The predicted octanol–water partition coefficient (Wildman–Crippen LogP) is 0.685. The molecule has 0 bridgehead atoms. The third-order valence-corrected chi connectivity index (χ3v) is 7.92. The lowest BCUT2D eigenvalue weighted by Crippen LogP contribution is -2.65. The summed E-state index contributed by atoms with van der Waals surface area (Å²) >= 11 is 0. The summed E-state index contributed by atoms with van der Waals surface area (Å²) in [6.45, 7) is 0. The molecule has 0 saturated heterocycles. The van der Waals surface area contributed by atoms with Crippen molar-refractivity contribution in [2.45, 2.75) is 24.5 Å². The van der Waals surface area contributed by atoms with E-state index in [-0.39, 0.29) is 29.7 Å². The molecule has 3 aliphatic carbocycles. The zero-order chi connectivity index (χ0) is 27.8. The first kappa shape index (κ1) is 25.5. The number of carbonyl (C=O) groups is 3. The van der Waals surface area contributed by atoms with Crippen molar-refractivity contribution < 1.29 is 39.3 Å². The second kappa shape index (κ2) is 8.43. The summed E-state index contributed by atoms with van der Waals surface area (Å²) < 4.78 is 4.91. The van der Waals surface area contributed by atoms with Crippen LogP contribution in [0.25, 0.3) is 16.9 Å². The number of carbonyl (C=O) groups excluding carboxylic acids is 3. The van der Waals surface area contributed by atoms with Crippen molar-refractivity contribution in [1.29, 1.82) is 0 Å². The van der Waals surface area contributed by atoms with Gasteiger partial charge in [-0.1, -0.05) is 5.16 Å². The molecular formula is C26H28N4O8. The minimum atomic E-state index is -2.68. The van der Waals surface area contributed by atoms with E-state index in [0.717, 1.165) is 0 Å². The number of nitrogens with zero attached hydrogens (tertiary/aromatic N) is 3. The van der Waals surface area contributed by atoms with Crippen LogP contribution in [0.15, 0.2) is 40.0 Å². The Hall–Kier alpha value is -4.16. The van der Waals surface area contributed by atoms with Crippen molar-refractivity contribution >= 4 is 28.9 Å². The Balaban J connectivity index is 1.78. The fourth-order valence-corrected chi connectivity index (χ4v) is 6.25. The van der Waals surface area contributed by atoms with Gasteiger partial charge in [-0.15, -0.1) is 0 Å². The van der Waals surface area contributed by atoms with Gasteiger partial charge in [0.2, 0.25) is 5.78 Å². The Morgan fingerprint density at radius 2 is 1.87 bits per heavy atom. The van der Waals surface area contributed by atoms with Gasteiger partial charge in [0.1, 0.15) is 29.1 Å². The van der Waals surface area contributed by atoms with Crippen LogP contribution in [-0.2, 0) is 20.8 Å². The highest BCUT2D eigenvalue weighted by Gasteiger charge is 2.64. The number of ketones is 2. The molecule has 12 nitrogen and oxygen atoms in total. The average molecular weight is 525 g/mol. The normalized spacial score (nSPS) is 26.8. The number of Topliss-reactive ketones (excluding diaryl/α,β-unsaturated/α-hetero) is 2. The zero-order valence-electron chi connectivity index (χ0n) is 21.2. The quantitative estimate of drug-likeness (QED) is 0.354. The van der Waals surface area contributed by atoms with Crippen LogP contribution in [0, 0.1) is 11.8 Å². The number of amides is 1. The number of benzene rings is 1. The number of likely N-dealkylation sites (N-methyl/N-ethyl adjacent to an activating group) is 1. The van der Waals surface area contributed by atoms with Gasteiger partial charge in [-0.05, 0) is 44.5 Å². The van der Waals surface area contributed by atoms with E-state index in [2.05, 4.69) is 5.16 Å².